The van der Waals surface area contributed by atoms with Gasteiger partial charge in [-0.25, -0.2) is 4.39 Å². The van der Waals surface area contributed by atoms with Crippen LogP contribution in [0.3, 0.4) is 0 Å². The predicted octanol–water partition coefficient (Wildman–Crippen LogP) is 5.78. The maximum absolute atomic E-state index is 14.4. The standard InChI is InChI=1S/C16H22BrClFN/c1-2-4-11-5-3-9-16(20,10-8-11)12-6-7-13(17)14(18)15(12)19/h6-7,11H,2-5,8-10,20H2,1H3. The molecule has 0 saturated heterocycles. The zero-order chi connectivity index (χ0) is 14.8. The van der Waals surface area contributed by atoms with Crippen LogP contribution in [0.5, 0.6) is 0 Å². The first kappa shape index (κ1) is 16.3. The highest BCUT2D eigenvalue weighted by Crippen LogP contribution is 2.40. The van der Waals surface area contributed by atoms with Gasteiger partial charge in [0, 0.05) is 15.6 Å². The topological polar surface area (TPSA) is 26.0 Å². The highest BCUT2D eigenvalue weighted by atomic mass is 79.9. The van der Waals surface area contributed by atoms with E-state index in [9.17, 15) is 4.39 Å². The van der Waals surface area contributed by atoms with Gasteiger partial charge >= 0.3 is 0 Å². The summed E-state index contributed by atoms with van der Waals surface area (Å²) in [5.74, 6) is 0.372. The first-order valence-corrected chi connectivity index (χ1v) is 8.58. The van der Waals surface area contributed by atoms with Crippen molar-refractivity contribution in [2.75, 3.05) is 0 Å². The number of hydrogen-bond acceptors (Lipinski definition) is 1. The van der Waals surface area contributed by atoms with Gasteiger partial charge < -0.3 is 5.73 Å². The Hall–Kier alpha value is -0.120. The van der Waals surface area contributed by atoms with E-state index < -0.39 is 5.54 Å². The van der Waals surface area contributed by atoms with Gasteiger partial charge in [0.2, 0.25) is 0 Å². The Morgan fingerprint density at radius 1 is 1.40 bits per heavy atom. The number of benzene rings is 1. The van der Waals surface area contributed by atoms with E-state index in [0.29, 0.717) is 10.0 Å². The van der Waals surface area contributed by atoms with E-state index in [0.717, 1.165) is 31.6 Å². The third-order valence-electron chi connectivity index (χ3n) is 4.50. The molecule has 1 fully saturated rings. The van der Waals surface area contributed by atoms with Gasteiger partial charge in [0.15, 0.2) is 0 Å². The molecule has 0 spiro atoms. The minimum Gasteiger partial charge on any atom is -0.321 e. The fraction of sp³-hybridized carbons (Fsp3) is 0.625. The first-order chi connectivity index (χ1) is 9.48. The Bertz CT molecular complexity index is 480. The normalized spacial score (nSPS) is 27.4. The summed E-state index contributed by atoms with van der Waals surface area (Å²) in [6.45, 7) is 2.22. The van der Waals surface area contributed by atoms with Gasteiger partial charge in [-0.05, 0) is 47.2 Å². The van der Waals surface area contributed by atoms with Crippen molar-refractivity contribution in [3.63, 3.8) is 0 Å². The average molecular weight is 363 g/mol. The smallest absolute Gasteiger partial charge is 0.147 e. The molecule has 2 atom stereocenters. The summed E-state index contributed by atoms with van der Waals surface area (Å²) in [7, 11) is 0. The molecule has 1 saturated carbocycles. The molecule has 2 rings (SSSR count). The molecule has 1 aliphatic rings. The zero-order valence-electron chi connectivity index (χ0n) is 11.9. The monoisotopic (exact) mass is 361 g/mol. The quantitative estimate of drug-likeness (QED) is 0.535. The first-order valence-electron chi connectivity index (χ1n) is 7.41. The molecule has 2 unspecified atom stereocenters. The van der Waals surface area contributed by atoms with Gasteiger partial charge in [-0.15, -0.1) is 0 Å². The molecular formula is C16H22BrClFN. The molecule has 4 heteroatoms. The Morgan fingerprint density at radius 3 is 2.85 bits per heavy atom. The fourth-order valence-corrected chi connectivity index (χ4v) is 3.78. The molecule has 0 radical (unpaired) electrons. The summed E-state index contributed by atoms with van der Waals surface area (Å²) >= 11 is 9.26. The maximum Gasteiger partial charge on any atom is 0.147 e. The molecule has 1 aromatic carbocycles. The predicted molar refractivity (Wildman–Crippen MR) is 86.5 cm³/mol. The minimum atomic E-state index is -0.573. The van der Waals surface area contributed by atoms with Crippen molar-refractivity contribution in [1.29, 1.82) is 0 Å². The van der Waals surface area contributed by atoms with Crippen LogP contribution in [0.25, 0.3) is 0 Å². The van der Waals surface area contributed by atoms with Crippen LogP contribution >= 0.6 is 27.5 Å². The second-order valence-electron chi connectivity index (χ2n) is 5.96. The molecule has 112 valence electrons. The van der Waals surface area contributed by atoms with Gasteiger partial charge in [0.1, 0.15) is 5.82 Å². The largest absolute Gasteiger partial charge is 0.321 e. The molecule has 0 aliphatic heterocycles. The van der Waals surface area contributed by atoms with Crippen molar-refractivity contribution in [3.05, 3.63) is 33.0 Å². The summed E-state index contributed by atoms with van der Waals surface area (Å²) in [6, 6.07) is 3.58. The van der Waals surface area contributed by atoms with Gasteiger partial charge in [-0.3, -0.25) is 0 Å². The van der Waals surface area contributed by atoms with Gasteiger partial charge in [-0.1, -0.05) is 50.3 Å². The molecular weight excluding hydrogens is 341 g/mol. The van der Waals surface area contributed by atoms with Gasteiger partial charge in [0.05, 0.1) is 5.02 Å². The second-order valence-corrected chi connectivity index (χ2v) is 7.20. The highest BCUT2D eigenvalue weighted by molar-refractivity contribution is 9.10. The van der Waals surface area contributed by atoms with Crippen LogP contribution in [0.2, 0.25) is 5.02 Å². The van der Waals surface area contributed by atoms with E-state index >= 15 is 0 Å². The summed E-state index contributed by atoms with van der Waals surface area (Å²) in [6.07, 6.45) is 7.49. The summed E-state index contributed by atoms with van der Waals surface area (Å²) in [5, 5.41) is 0.140. The van der Waals surface area contributed by atoms with Crippen LogP contribution in [-0.4, -0.2) is 0 Å². The SMILES string of the molecule is CCCC1CCCC(N)(c2ccc(Br)c(Cl)c2F)CC1. The highest BCUT2D eigenvalue weighted by Gasteiger charge is 2.34. The Morgan fingerprint density at radius 2 is 2.15 bits per heavy atom. The summed E-state index contributed by atoms with van der Waals surface area (Å²) < 4.78 is 15.0. The second kappa shape index (κ2) is 6.76. The molecule has 0 bridgehead atoms. The number of halogens is 3. The van der Waals surface area contributed by atoms with E-state index in [1.807, 2.05) is 0 Å². The fourth-order valence-electron chi connectivity index (χ4n) is 3.31. The maximum atomic E-state index is 14.4. The molecule has 1 nitrogen and oxygen atoms in total. The molecule has 0 amide bonds. The Labute approximate surface area is 134 Å². The lowest BCUT2D eigenvalue weighted by Gasteiger charge is -2.29. The third kappa shape index (κ3) is 3.37. The van der Waals surface area contributed by atoms with Crippen molar-refractivity contribution < 1.29 is 4.39 Å². The van der Waals surface area contributed by atoms with Crippen molar-refractivity contribution in [3.8, 4) is 0 Å². The van der Waals surface area contributed by atoms with Crippen LogP contribution < -0.4 is 5.73 Å². The number of hydrogen-bond donors (Lipinski definition) is 1. The van der Waals surface area contributed by atoms with Crippen molar-refractivity contribution in [1.82, 2.24) is 0 Å². The molecule has 1 aromatic rings. The molecule has 2 N–H and O–H groups in total. The van der Waals surface area contributed by atoms with Crippen molar-refractivity contribution >= 4 is 27.5 Å². The van der Waals surface area contributed by atoms with E-state index in [2.05, 4.69) is 22.9 Å². The van der Waals surface area contributed by atoms with Crippen LogP contribution in [0.1, 0.15) is 57.4 Å². The zero-order valence-corrected chi connectivity index (χ0v) is 14.2. The molecule has 1 aliphatic carbocycles. The van der Waals surface area contributed by atoms with Crippen LogP contribution in [0.4, 0.5) is 4.39 Å². The lowest BCUT2D eigenvalue weighted by molar-refractivity contribution is 0.354. The minimum absolute atomic E-state index is 0.140. The third-order valence-corrected chi connectivity index (χ3v) is 5.76. The van der Waals surface area contributed by atoms with Gasteiger partial charge in [-0.2, -0.15) is 0 Å². The lowest BCUT2D eigenvalue weighted by Crippen LogP contribution is -2.37. The van der Waals surface area contributed by atoms with Crippen LogP contribution in [-0.2, 0) is 5.54 Å². The van der Waals surface area contributed by atoms with E-state index in [1.54, 1.807) is 12.1 Å². The van der Waals surface area contributed by atoms with E-state index in [4.69, 9.17) is 17.3 Å². The summed E-state index contributed by atoms with van der Waals surface area (Å²) in [5.41, 5.74) is 6.54. The Balaban J connectivity index is 2.25. The Kier molecular flexibility index (Phi) is 5.49. The molecule has 0 heterocycles. The van der Waals surface area contributed by atoms with Crippen molar-refractivity contribution in [2.24, 2.45) is 11.7 Å². The van der Waals surface area contributed by atoms with E-state index in [-0.39, 0.29) is 10.8 Å². The molecule has 20 heavy (non-hydrogen) atoms. The van der Waals surface area contributed by atoms with Gasteiger partial charge in [0.25, 0.3) is 0 Å². The lowest BCUT2D eigenvalue weighted by atomic mass is 9.83. The van der Waals surface area contributed by atoms with Crippen molar-refractivity contribution in [2.45, 2.75) is 57.4 Å². The average Bonchev–Trinajstić information content (AvgIpc) is 2.60. The van der Waals surface area contributed by atoms with Crippen LogP contribution in [0.15, 0.2) is 16.6 Å². The number of rotatable bonds is 3. The van der Waals surface area contributed by atoms with E-state index in [1.165, 1.54) is 19.3 Å². The number of nitrogens with two attached hydrogens (primary N) is 1. The summed E-state index contributed by atoms with van der Waals surface area (Å²) in [4.78, 5) is 0. The van der Waals surface area contributed by atoms with Crippen LogP contribution in [0, 0.1) is 11.7 Å². The molecule has 0 aromatic heterocycles.